The molecule has 0 aromatic rings. The van der Waals surface area contributed by atoms with E-state index in [9.17, 15) is 8.42 Å². The van der Waals surface area contributed by atoms with Crippen molar-refractivity contribution in [3.8, 4) is 0 Å². The van der Waals surface area contributed by atoms with Crippen LogP contribution in [0.5, 0.6) is 0 Å². The highest BCUT2D eigenvalue weighted by atomic mass is 32.2. The molecule has 1 N–H and O–H groups in total. The molecule has 1 saturated heterocycles. The molecule has 2 atom stereocenters. The molecule has 1 fully saturated rings. The summed E-state index contributed by atoms with van der Waals surface area (Å²) < 4.78 is 26.5. The van der Waals surface area contributed by atoms with Crippen molar-refractivity contribution in [3.63, 3.8) is 0 Å². The lowest BCUT2D eigenvalue weighted by Gasteiger charge is -2.29. The maximum Gasteiger partial charge on any atom is 0.218 e. The Hall–Kier alpha value is -0.170. The number of nitrogens with zero attached hydrogens (tertiary/aromatic N) is 2. The molecule has 0 amide bonds. The monoisotopic (exact) mass is 263 g/mol. The van der Waals surface area contributed by atoms with Crippen molar-refractivity contribution in [1.82, 2.24) is 14.5 Å². The van der Waals surface area contributed by atoms with Gasteiger partial charge in [-0.2, -0.15) is 4.31 Å². The highest BCUT2D eigenvalue weighted by molar-refractivity contribution is 7.89. The second-order valence-corrected chi connectivity index (χ2v) is 7.39. The first-order chi connectivity index (χ1) is 7.89. The van der Waals surface area contributed by atoms with Gasteiger partial charge in [-0.25, -0.2) is 8.42 Å². The van der Waals surface area contributed by atoms with Crippen LogP contribution < -0.4 is 5.32 Å². The molecule has 1 aliphatic rings. The zero-order valence-corrected chi connectivity index (χ0v) is 12.1. The number of likely N-dealkylation sites (N-methyl/N-ethyl adjacent to an activating group) is 1. The van der Waals surface area contributed by atoms with Gasteiger partial charge in [0.25, 0.3) is 0 Å². The summed E-state index contributed by atoms with van der Waals surface area (Å²) in [5.41, 5.74) is 0. The van der Waals surface area contributed by atoms with Gasteiger partial charge in [0, 0.05) is 25.7 Å². The van der Waals surface area contributed by atoms with Crippen molar-refractivity contribution in [2.45, 2.75) is 31.1 Å². The van der Waals surface area contributed by atoms with E-state index in [0.29, 0.717) is 13.1 Å². The SMILES string of the molecule is CNCC(C)S(=O)(=O)N1CCCC1CN(C)C. The molecule has 0 bridgehead atoms. The zero-order chi connectivity index (χ0) is 13.1. The third-order valence-electron chi connectivity index (χ3n) is 3.23. The Balaban J connectivity index is 2.75. The maximum absolute atomic E-state index is 12.4. The van der Waals surface area contributed by atoms with Crippen LogP contribution in [0.25, 0.3) is 0 Å². The molecular weight excluding hydrogens is 238 g/mol. The van der Waals surface area contributed by atoms with E-state index in [1.165, 1.54) is 0 Å². The summed E-state index contributed by atoms with van der Waals surface area (Å²) >= 11 is 0. The van der Waals surface area contributed by atoms with Crippen molar-refractivity contribution in [2.24, 2.45) is 0 Å². The van der Waals surface area contributed by atoms with Crippen LogP contribution in [0.2, 0.25) is 0 Å². The minimum atomic E-state index is -3.15. The lowest BCUT2D eigenvalue weighted by atomic mass is 10.2. The summed E-state index contributed by atoms with van der Waals surface area (Å²) in [6.07, 6.45) is 1.95. The molecule has 1 rings (SSSR count). The van der Waals surface area contributed by atoms with E-state index in [1.807, 2.05) is 14.1 Å². The minimum Gasteiger partial charge on any atom is -0.318 e. The van der Waals surface area contributed by atoms with Crippen molar-refractivity contribution in [2.75, 3.05) is 40.8 Å². The van der Waals surface area contributed by atoms with Crippen LogP contribution in [0.4, 0.5) is 0 Å². The van der Waals surface area contributed by atoms with Crippen molar-refractivity contribution in [1.29, 1.82) is 0 Å². The third kappa shape index (κ3) is 3.64. The predicted molar refractivity (Wildman–Crippen MR) is 70.6 cm³/mol. The van der Waals surface area contributed by atoms with Crippen LogP contribution in [0.1, 0.15) is 19.8 Å². The molecular formula is C11H25N3O2S. The summed E-state index contributed by atoms with van der Waals surface area (Å²) in [4.78, 5) is 2.06. The second kappa shape index (κ2) is 6.13. The normalized spacial score (nSPS) is 24.4. The van der Waals surface area contributed by atoms with Gasteiger partial charge in [-0.05, 0) is 40.9 Å². The fourth-order valence-electron chi connectivity index (χ4n) is 2.37. The van der Waals surface area contributed by atoms with Crippen LogP contribution in [0.3, 0.4) is 0 Å². The van der Waals surface area contributed by atoms with Crippen molar-refractivity contribution >= 4 is 10.0 Å². The van der Waals surface area contributed by atoms with Gasteiger partial charge in [-0.1, -0.05) is 0 Å². The van der Waals surface area contributed by atoms with E-state index in [1.54, 1.807) is 18.3 Å². The maximum atomic E-state index is 12.4. The van der Waals surface area contributed by atoms with E-state index in [-0.39, 0.29) is 11.3 Å². The van der Waals surface area contributed by atoms with E-state index in [0.717, 1.165) is 19.4 Å². The predicted octanol–water partition coefficient (Wildman–Crippen LogP) is -0.0499. The van der Waals surface area contributed by atoms with E-state index in [2.05, 4.69) is 10.2 Å². The summed E-state index contributed by atoms with van der Waals surface area (Å²) in [6.45, 7) is 3.77. The Morgan fingerprint density at radius 1 is 1.47 bits per heavy atom. The number of nitrogens with one attached hydrogen (secondary N) is 1. The second-order valence-electron chi connectivity index (χ2n) is 5.08. The fourth-order valence-corrected chi connectivity index (χ4v) is 4.18. The Kier molecular flexibility index (Phi) is 5.37. The molecule has 17 heavy (non-hydrogen) atoms. The topological polar surface area (TPSA) is 52.7 Å². The third-order valence-corrected chi connectivity index (χ3v) is 5.54. The molecule has 0 aromatic carbocycles. The minimum absolute atomic E-state index is 0.148. The number of hydrogen-bond acceptors (Lipinski definition) is 4. The molecule has 0 radical (unpaired) electrons. The van der Waals surface area contributed by atoms with Gasteiger partial charge in [-0.15, -0.1) is 0 Å². The molecule has 1 heterocycles. The number of sulfonamides is 1. The van der Waals surface area contributed by atoms with E-state index >= 15 is 0 Å². The Morgan fingerprint density at radius 2 is 2.12 bits per heavy atom. The first-order valence-electron chi connectivity index (χ1n) is 6.19. The van der Waals surface area contributed by atoms with Gasteiger partial charge >= 0.3 is 0 Å². The largest absolute Gasteiger partial charge is 0.318 e. The first-order valence-corrected chi connectivity index (χ1v) is 7.70. The lowest BCUT2D eigenvalue weighted by Crippen LogP contribution is -2.46. The highest BCUT2D eigenvalue weighted by Crippen LogP contribution is 2.23. The molecule has 2 unspecified atom stereocenters. The molecule has 0 saturated carbocycles. The van der Waals surface area contributed by atoms with Crippen LogP contribution >= 0.6 is 0 Å². The molecule has 0 aromatic heterocycles. The van der Waals surface area contributed by atoms with Crippen molar-refractivity contribution in [3.05, 3.63) is 0 Å². The summed E-state index contributed by atoms with van der Waals surface area (Å²) in [5, 5.41) is 2.58. The zero-order valence-electron chi connectivity index (χ0n) is 11.3. The van der Waals surface area contributed by atoms with E-state index < -0.39 is 10.0 Å². The average Bonchev–Trinajstić information content (AvgIpc) is 2.65. The van der Waals surface area contributed by atoms with Crippen LogP contribution in [0, 0.1) is 0 Å². The highest BCUT2D eigenvalue weighted by Gasteiger charge is 2.37. The average molecular weight is 263 g/mol. The van der Waals surface area contributed by atoms with Gasteiger partial charge in [-0.3, -0.25) is 0 Å². The van der Waals surface area contributed by atoms with Crippen LogP contribution in [-0.4, -0.2) is 69.7 Å². The Morgan fingerprint density at radius 3 is 2.65 bits per heavy atom. The quantitative estimate of drug-likeness (QED) is 0.730. The van der Waals surface area contributed by atoms with Crippen LogP contribution in [-0.2, 0) is 10.0 Å². The fraction of sp³-hybridized carbons (Fsp3) is 1.00. The van der Waals surface area contributed by atoms with Crippen LogP contribution in [0.15, 0.2) is 0 Å². The van der Waals surface area contributed by atoms with Gasteiger partial charge in [0.1, 0.15) is 0 Å². The standard InChI is InChI=1S/C11H25N3O2S/c1-10(8-12-2)17(15,16)14-7-5-6-11(14)9-13(3)4/h10-12H,5-9H2,1-4H3. The molecule has 0 aliphatic carbocycles. The van der Waals surface area contributed by atoms with E-state index in [4.69, 9.17) is 0 Å². The van der Waals surface area contributed by atoms with Gasteiger partial charge in [0.15, 0.2) is 0 Å². The van der Waals surface area contributed by atoms with Gasteiger partial charge < -0.3 is 10.2 Å². The molecule has 102 valence electrons. The molecule has 6 heteroatoms. The first kappa shape index (κ1) is 14.9. The Labute approximate surface area is 105 Å². The smallest absolute Gasteiger partial charge is 0.218 e. The number of rotatable bonds is 6. The molecule has 5 nitrogen and oxygen atoms in total. The Bertz CT molecular complexity index is 330. The van der Waals surface area contributed by atoms with Gasteiger partial charge in [0.2, 0.25) is 10.0 Å². The van der Waals surface area contributed by atoms with Gasteiger partial charge in [0.05, 0.1) is 5.25 Å². The molecule has 1 aliphatic heterocycles. The summed E-state index contributed by atoms with van der Waals surface area (Å²) in [6, 6.07) is 0.148. The van der Waals surface area contributed by atoms with Crippen molar-refractivity contribution < 1.29 is 8.42 Å². The number of hydrogen-bond donors (Lipinski definition) is 1. The summed E-state index contributed by atoms with van der Waals surface area (Å²) in [5.74, 6) is 0. The molecule has 0 spiro atoms. The lowest BCUT2D eigenvalue weighted by molar-refractivity contribution is 0.289. The summed E-state index contributed by atoms with van der Waals surface area (Å²) in [7, 11) is 2.61.